The minimum Gasteiger partial charge on any atom is -0.492 e. The first-order valence-corrected chi connectivity index (χ1v) is 32.2. The molecule has 4 fully saturated rings. The summed E-state index contributed by atoms with van der Waals surface area (Å²) in [5.74, 6) is 10.9. The fourth-order valence-corrected chi connectivity index (χ4v) is 14.4. The summed E-state index contributed by atoms with van der Waals surface area (Å²) < 4.78 is 72.8. The highest BCUT2D eigenvalue weighted by atomic mass is 127. The molecule has 85 heavy (non-hydrogen) atoms. The molecule has 4 aliphatic heterocycles. The molecule has 7 rings (SSSR count). The van der Waals surface area contributed by atoms with E-state index in [2.05, 4.69) is 34.5 Å². The van der Waals surface area contributed by atoms with Crippen LogP contribution >= 0.6 is 55.9 Å². The second kappa shape index (κ2) is 31.6. The Kier molecular flexibility index (Phi) is 25.8. The van der Waals surface area contributed by atoms with E-state index in [1.807, 2.05) is 43.4 Å². The molecular weight excluding hydrogens is 1280 g/mol. The van der Waals surface area contributed by atoms with Crippen molar-refractivity contribution in [2.24, 2.45) is 0 Å². The summed E-state index contributed by atoms with van der Waals surface area (Å²) >= 11 is 2.83. The maximum atomic E-state index is 14.4. The predicted molar refractivity (Wildman–Crippen MR) is 322 cm³/mol. The van der Waals surface area contributed by atoms with Crippen molar-refractivity contribution in [1.82, 2.24) is 10.8 Å². The number of thioether (sulfide) groups is 1. The number of halogens is 1. The van der Waals surface area contributed by atoms with Gasteiger partial charge in [0, 0.05) is 54.8 Å². The van der Waals surface area contributed by atoms with Gasteiger partial charge in [-0.05, 0) is 74.5 Å². The first-order chi connectivity index (χ1) is 40.5. The Bertz CT molecular complexity index is 2740. The van der Waals surface area contributed by atoms with Crippen LogP contribution in [0.25, 0.3) is 0 Å². The maximum absolute atomic E-state index is 14.4. The lowest BCUT2D eigenvalue weighted by Crippen LogP contribution is -2.65. The van der Waals surface area contributed by atoms with Crippen LogP contribution in [-0.4, -0.2) is 217 Å². The minimum absolute atomic E-state index is 0.00295. The molecular formula is C58H79IN2O21S3. The van der Waals surface area contributed by atoms with E-state index in [-0.39, 0.29) is 76.4 Å². The van der Waals surface area contributed by atoms with Crippen LogP contribution < -0.4 is 25.0 Å². The third kappa shape index (κ3) is 16.3. The van der Waals surface area contributed by atoms with Crippen LogP contribution in [-0.2, 0) is 57.1 Å². The first kappa shape index (κ1) is 69.4. The molecule has 2 bridgehead atoms. The van der Waals surface area contributed by atoms with E-state index in [0.717, 1.165) is 11.8 Å². The number of rotatable bonds is 23. The molecule has 27 heteroatoms. The molecule has 0 saturated carbocycles. The fourth-order valence-electron chi connectivity index (χ4n) is 10.8. The number of esters is 1. The number of benzene rings is 1. The lowest BCUT2D eigenvalue weighted by molar-refractivity contribution is -0.336. The molecule has 19 atom stereocenters. The van der Waals surface area contributed by atoms with Crippen molar-refractivity contribution < 1.29 is 102 Å². The van der Waals surface area contributed by atoms with Crippen LogP contribution in [0.2, 0.25) is 0 Å². The van der Waals surface area contributed by atoms with Gasteiger partial charge in [0.1, 0.15) is 36.6 Å². The van der Waals surface area contributed by atoms with Crippen LogP contribution in [0.15, 0.2) is 34.9 Å². The Labute approximate surface area is 521 Å². The molecule has 0 aromatic heterocycles. The average Bonchev–Trinajstić information content (AvgIpc) is 1.33. The van der Waals surface area contributed by atoms with E-state index >= 15 is 0 Å². The van der Waals surface area contributed by atoms with Crippen molar-refractivity contribution in [3.8, 4) is 40.9 Å². The second-order valence-electron chi connectivity index (χ2n) is 21.2. The Balaban J connectivity index is 1.12. The molecule has 1 aromatic carbocycles. The number of allylic oxidation sites excluding steroid dienone is 2. The minimum atomic E-state index is -2.02. The maximum Gasteiger partial charge on any atom is 0.310 e. The van der Waals surface area contributed by atoms with E-state index in [0.29, 0.717) is 21.4 Å². The zero-order chi connectivity index (χ0) is 62.0. The highest BCUT2D eigenvalue weighted by molar-refractivity contribution is 14.1. The number of ether oxygens (including phenoxy) is 12. The lowest BCUT2D eigenvalue weighted by Gasteiger charge is -2.46. The van der Waals surface area contributed by atoms with Gasteiger partial charge in [0.05, 0.1) is 97.8 Å². The number of fused-ring (bicyclic) bond motifs is 2. The number of aliphatic hydroxyl groups is 5. The predicted octanol–water partition coefficient (Wildman–Crippen LogP) is 3.58. The summed E-state index contributed by atoms with van der Waals surface area (Å²) in [5.41, 5.74) is 1.80. The monoisotopic (exact) mass is 1360 g/mol. The summed E-state index contributed by atoms with van der Waals surface area (Å²) in [7, 11) is 10.0. The molecule has 23 nitrogen and oxygen atoms in total. The fraction of sp³-hybridized carbons (Fsp3) is 0.672. The van der Waals surface area contributed by atoms with Gasteiger partial charge in [-0.25, -0.2) is 0 Å². The summed E-state index contributed by atoms with van der Waals surface area (Å²) in [5, 5.41) is 60.6. The largest absolute Gasteiger partial charge is 0.492 e. The highest BCUT2D eigenvalue weighted by Gasteiger charge is 2.52. The van der Waals surface area contributed by atoms with Gasteiger partial charge in [-0.2, -0.15) is 5.48 Å². The first-order valence-electron chi connectivity index (χ1n) is 27.9. The molecule has 4 saturated heterocycles. The summed E-state index contributed by atoms with van der Waals surface area (Å²) in [6.45, 7) is 13.5. The van der Waals surface area contributed by atoms with Gasteiger partial charge < -0.3 is 87.7 Å². The number of likely N-dealkylation sites (N-methyl/N-ethyl adjacent to an activating group) is 1. The van der Waals surface area contributed by atoms with E-state index < -0.39 is 133 Å². The van der Waals surface area contributed by atoms with Gasteiger partial charge in [-0.15, -0.1) is 0 Å². The molecule has 1 aromatic rings. The van der Waals surface area contributed by atoms with Crippen molar-refractivity contribution in [2.75, 3.05) is 54.5 Å². The van der Waals surface area contributed by atoms with Crippen LogP contribution in [0.1, 0.15) is 83.1 Å². The van der Waals surface area contributed by atoms with E-state index in [9.17, 15) is 39.9 Å². The number of carbonyl (C=O) groups excluding carboxylic acids is 3. The Hall–Kier alpha value is -3.09. The van der Waals surface area contributed by atoms with E-state index in [1.165, 1.54) is 51.4 Å². The number of ketones is 1. The summed E-state index contributed by atoms with van der Waals surface area (Å²) in [6, 6.07) is -1.25. The summed E-state index contributed by atoms with van der Waals surface area (Å²) in [4.78, 5) is 47.8. The van der Waals surface area contributed by atoms with Gasteiger partial charge in [-0.1, -0.05) is 83.9 Å². The molecule has 6 aliphatic rings. The SMILES string of the molecule is CCN[C@H]1CO[C@@H](O[C@H]2[C@H](O[C@H]3C#C/C=C\C#C[C@]4(O)CC(=O)C(CC(=O)OC)=C3/C4=C\CSSC(C)C)O[C@H](C)[C@@H](NO[C@H]3C[C@H](O)[C@H](SC(=O)c4c(C)c(I)c(O[C@@H]5O[C@@H](C)[C@H](O)[C@@H](OC)[C@H]5O)c(OC)c4OC)[C@@H](C)O3)[C@@H]2O)C[C@@H]1OC. The normalized spacial score (nSPS) is 35.8. The Morgan fingerprint density at radius 3 is 2.26 bits per heavy atom. The molecule has 0 spiro atoms. The highest BCUT2D eigenvalue weighted by Crippen LogP contribution is 2.49. The number of carbonyl (C=O) groups is 3. The molecule has 7 N–H and O–H groups in total. The molecule has 0 amide bonds. The van der Waals surface area contributed by atoms with E-state index in [4.69, 9.17) is 61.7 Å². The van der Waals surface area contributed by atoms with Crippen molar-refractivity contribution in [2.45, 2.75) is 195 Å². The van der Waals surface area contributed by atoms with Crippen LogP contribution in [0.5, 0.6) is 17.2 Å². The molecule has 472 valence electrons. The van der Waals surface area contributed by atoms with Crippen molar-refractivity contribution >= 4 is 72.8 Å². The van der Waals surface area contributed by atoms with Gasteiger partial charge >= 0.3 is 5.97 Å². The zero-order valence-corrected chi connectivity index (χ0v) is 54.1. The van der Waals surface area contributed by atoms with Crippen LogP contribution in [0.3, 0.4) is 0 Å². The van der Waals surface area contributed by atoms with Gasteiger partial charge in [0.2, 0.25) is 17.2 Å². The number of hydrogen-bond acceptors (Lipinski definition) is 26. The topological polar surface area (TPSA) is 296 Å². The van der Waals surface area contributed by atoms with Crippen LogP contribution in [0.4, 0.5) is 0 Å². The smallest absolute Gasteiger partial charge is 0.310 e. The molecule has 0 radical (unpaired) electrons. The average molecular weight is 1360 g/mol. The zero-order valence-electron chi connectivity index (χ0n) is 49.5. The molecule has 2 aliphatic carbocycles. The third-order valence-corrected chi connectivity index (χ3v) is 20.6. The number of aliphatic hydroxyl groups excluding tert-OH is 4. The van der Waals surface area contributed by atoms with Crippen LogP contribution in [0, 0.1) is 34.2 Å². The van der Waals surface area contributed by atoms with Gasteiger partial charge in [0.15, 0.2) is 41.8 Å². The standard InChI is InChI=1S/C58H79IN2O21S3/c1-13-60-34-26-75-40(24-38(34)70-8)80-52-47(66)45(29(5)77-57(52)79-37-18-16-14-15-17-20-58(69)25-36(63)32(22-39(64)71-9)43(37)33(58)19-21-83-85-27(2)3)61-82-41-23-35(62)54(31(7)76-41)84-55(68)42-28(4)44(59)50(53(74-12)49(42)72-10)81-56-48(67)51(73-11)46(65)30(6)78-56/h14-15,19,27,29-31,34-35,37-38,40-41,45-48,51-52,54,56-57,60-62,65-67,69H,13,21-26H2,1-12H3/b15-14-,33-19+/t29-,30+,31-,34+,35+,37+,38+,40+,41+,45-,46+,47+,48-,51-,52-,54-,56+,57+,58+/m1/s1. The molecule has 4 heterocycles. The van der Waals surface area contributed by atoms with Gasteiger partial charge in [-0.3, -0.25) is 19.2 Å². The van der Waals surface area contributed by atoms with Crippen molar-refractivity contribution in [3.63, 3.8) is 0 Å². The number of Topliss-reactive ketones (excluding diaryl/α,β-unsaturated/α-hetero) is 1. The van der Waals surface area contributed by atoms with Crippen molar-refractivity contribution in [3.05, 3.63) is 49.6 Å². The number of nitrogens with one attached hydrogen (secondary N) is 2. The quantitative estimate of drug-likeness (QED) is 0.0206. The Morgan fingerprint density at radius 2 is 1.60 bits per heavy atom. The van der Waals surface area contributed by atoms with E-state index in [1.54, 1.807) is 51.7 Å². The van der Waals surface area contributed by atoms with Gasteiger partial charge in [0.25, 0.3) is 0 Å². The second-order valence-corrected chi connectivity index (χ2v) is 26.4. The van der Waals surface area contributed by atoms with Crippen molar-refractivity contribution in [1.29, 1.82) is 0 Å². The number of methoxy groups -OCH3 is 5. The third-order valence-electron chi connectivity index (χ3n) is 15.2. The molecule has 0 unspecified atom stereocenters. The number of hydrogen-bond donors (Lipinski definition) is 7. The Morgan fingerprint density at radius 1 is 0.882 bits per heavy atom. The number of hydroxylamine groups is 1. The lowest BCUT2D eigenvalue weighted by atomic mass is 9.72. The summed E-state index contributed by atoms with van der Waals surface area (Å²) in [6.07, 6.45) is -12.9.